The van der Waals surface area contributed by atoms with E-state index in [0.29, 0.717) is 16.5 Å². The van der Waals surface area contributed by atoms with E-state index in [-0.39, 0.29) is 18.4 Å². The Labute approximate surface area is 205 Å². The molecule has 0 atom stereocenters. The van der Waals surface area contributed by atoms with Crippen molar-refractivity contribution in [3.63, 3.8) is 0 Å². The van der Waals surface area contributed by atoms with Crippen LogP contribution in [0.4, 0.5) is 5.69 Å². The van der Waals surface area contributed by atoms with E-state index in [2.05, 4.69) is 17.1 Å². The molecule has 0 spiro atoms. The molecular weight excluding hydrogens is 454 g/mol. The summed E-state index contributed by atoms with van der Waals surface area (Å²) in [4.78, 5) is 31.6. The summed E-state index contributed by atoms with van der Waals surface area (Å²) >= 11 is 7.42. The molecule has 2 heterocycles. The van der Waals surface area contributed by atoms with E-state index in [9.17, 15) is 9.59 Å². The Balaban J connectivity index is 1.37. The van der Waals surface area contributed by atoms with E-state index in [1.165, 1.54) is 24.6 Å². The van der Waals surface area contributed by atoms with Crippen molar-refractivity contribution in [2.75, 3.05) is 37.6 Å². The van der Waals surface area contributed by atoms with Crippen LogP contribution >= 0.6 is 23.4 Å². The Morgan fingerprint density at radius 3 is 2.64 bits per heavy atom. The average molecular weight is 484 g/mol. The number of benzene rings is 2. The molecule has 0 bridgehead atoms. The molecule has 2 aliphatic heterocycles. The minimum atomic E-state index is -0.161. The number of para-hydroxylation sites is 1. The van der Waals surface area contributed by atoms with Crippen LogP contribution in [0.25, 0.3) is 6.08 Å². The van der Waals surface area contributed by atoms with Gasteiger partial charge in [-0.25, -0.2) is 0 Å². The highest BCUT2D eigenvalue weighted by atomic mass is 35.5. The van der Waals surface area contributed by atoms with E-state index in [1.54, 1.807) is 17.0 Å². The second-order valence-electron chi connectivity index (χ2n) is 8.75. The Kier molecular flexibility index (Phi) is 8.12. The van der Waals surface area contributed by atoms with Gasteiger partial charge in [0.05, 0.1) is 10.6 Å². The summed E-state index contributed by atoms with van der Waals surface area (Å²) in [6.45, 7) is 6.24. The molecule has 0 saturated carbocycles. The van der Waals surface area contributed by atoms with E-state index in [1.807, 2.05) is 42.5 Å². The fraction of sp³-hybridized carbons (Fsp3) is 0.385. The second kappa shape index (κ2) is 11.2. The van der Waals surface area contributed by atoms with Crippen LogP contribution < -0.4 is 10.2 Å². The zero-order chi connectivity index (χ0) is 23.2. The first kappa shape index (κ1) is 23.9. The topological polar surface area (TPSA) is 52.7 Å². The molecule has 2 aromatic carbocycles. The molecule has 33 heavy (non-hydrogen) atoms. The Morgan fingerprint density at radius 1 is 1.15 bits per heavy atom. The zero-order valence-corrected chi connectivity index (χ0v) is 20.5. The molecule has 1 fully saturated rings. The molecule has 7 heteroatoms. The number of amides is 2. The second-order valence-corrected chi connectivity index (χ2v) is 10.3. The number of piperidine rings is 1. The van der Waals surface area contributed by atoms with Gasteiger partial charge in [-0.3, -0.25) is 14.5 Å². The summed E-state index contributed by atoms with van der Waals surface area (Å²) in [5.74, 6) is 0.525. The largest absolute Gasteiger partial charge is 0.355 e. The Bertz CT molecular complexity index is 1020. The van der Waals surface area contributed by atoms with Crippen molar-refractivity contribution in [2.24, 2.45) is 5.92 Å². The number of carbonyl (C=O) groups excluding carboxylic acids is 2. The number of likely N-dealkylation sites (tertiary alicyclic amines) is 1. The molecule has 1 N–H and O–H groups in total. The third-order valence-corrected chi connectivity index (χ3v) is 7.48. The van der Waals surface area contributed by atoms with Gasteiger partial charge >= 0.3 is 0 Å². The minimum absolute atomic E-state index is 0.00952. The van der Waals surface area contributed by atoms with Gasteiger partial charge in [-0.2, -0.15) is 0 Å². The lowest BCUT2D eigenvalue weighted by Crippen LogP contribution is -2.43. The summed E-state index contributed by atoms with van der Waals surface area (Å²) in [7, 11) is 0. The molecule has 0 radical (unpaired) electrons. The molecular formula is C26H30ClN3O2S. The van der Waals surface area contributed by atoms with Crippen LogP contribution in [0.15, 0.2) is 58.3 Å². The number of anilines is 1. The van der Waals surface area contributed by atoms with Crippen LogP contribution in [0.3, 0.4) is 0 Å². The lowest BCUT2D eigenvalue weighted by atomic mass is 9.99. The van der Waals surface area contributed by atoms with Crippen molar-refractivity contribution in [1.82, 2.24) is 10.2 Å². The number of halogens is 1. The molecule has 2 aromatic rings. The van der Waals surface area contributed by atoms with Gasteiger partial charge in [0.2, 0.25) is 5.91 Å². The zero-order valence-electron chi connectivity index (χ0n) is 18.9. The van der Waals surface area contributed by atoms with Gasteiger partial charge in [0.15, 0.2) is 0 Å². The van der Waals surface area contributed by atoms with Crippen LogP contribution in [0, 0.1) is 5.92 Å². The highest BCUT2D eigenvalue weighted by Crippen LogP contribution is 2.41. The van der Waals surface area contributed by atoms with Gasteiger partial charge in [-0.05, 0) is 80.7 Å². The molecule has 2 amide bonds. The number of rotatable bonds is 7. The van der Waals surface area contributed by atoms with E-state index >= 15 is 0 Å². The maximum Gasteiger partial charge on any atom is 0.265 e. The molecule has 5 nitrogen and oxygen atoms in total. The third-order valence-electron chi connectivity index (χ3n) is 6.15. The summed E-state index contributed by atoms with van der Waals surface area (Å²) in [6, 6.07) is 15.1. The normalized spacial score (nSPS) is 18.4. The Morgan fingerprint density at radius 2 is 1.88 bits per heavy atom. The first-order chi connectivity index (χ1) is 16.0. The number of fused-ring (bicyclic) bond motifs is 1. The van der Waals surface area contributed by atoms with Crippen LogP contribution in [-0.2, 0) is 9.59 Å². The van der Waals surface area contributed by atoms with Crippen molar-refractivity contribution in [3.8, 4) is 0 Å². The first-order valence-corrected chi connectivity index (χ1v) is 12.7. The number of hydrogen-bond acceptors (Lipinski definition) is 4. The number of thioether (sulfide) groups is 1. The van der Waals surface area contributed by atoms with Gasteiger partial charge in [-0.15, -0.1) is 0 Å². The third kappa shape index (κ3) is 6.40. The number of carbonyl (C=O) groups is 2. The van der Waals surface area contributed by atoms with Gasteiger partial charge in [0, 0.05) is 16.5 Å². The quantitative estimate of drug-likeness (QED) is 0.442. The predicted molar refractivity (Wildman–Crippen MR) is 137 cm³/mol. The molecule has 1 saturated heterocycles. The van der Waals surface area contributed by atoms with E-state index in [4.69, 9.17) is 11.6 Å². The van der Waals surface area contributed by atoms with Crippen molar-refractivity contribution in [2.45, 2.75) is 31.1 Å². The number of hydrogen-bond donors (Lipinski definition) is 1. The molecule has 0 unspecified atom stereocenters. The summed E-state index contributed by atoms with van der Waals surface area (Å²) in [5.41, 5.74) is 1.67. The first-order valence-electron chi connectivity index (χ1n) is 11.5. The highest BCUT2D eigenvalue weighted by Gasteiger charge is 2.30. The van der Waals surface area contributed by atoms with Crippen LogP contribution in [-0.4, -0.2) is 49.4 Å². The van der Waals surface area contributed by atoms with Gasteiger partial charge < -0.3 is 10.2 Å². The summed E-state index contributed by atoms with van der Waals surface area (Å²) in [6.07, 6.45) is 5.28. The van der Waals surface area contributed by atoms with Gasteiger partial charge in [-0.1, -0.05) is 54.6 Å². The average Bonchev–Trinajstić information content (AvgIpc) is 2.82. The molecule has 174 valence electrons. The van der Waals surface area contributed by atoms with Gasteiger partial charge in [0.25, 0.3) is 5.91 Å². The minimum Gasteiger partial charge on any atom is -0.355 e. The predicted octanol–water partition coefficient (Wildman–Crippen LogP) is 5.06. The smallest absolute Gasteiger partial charge is 0.265 e. The maximum absolute atomic E-state index is 13.3. The van der Waals surface area contributed by atoms with Crippen molar-refractivity contribution in [1.29, 1.82) is 0 Å². The SMILES string of the molecule is CC1CCN(CCCNC(=O)CN2C(=O)C(=Cc3ccc(Cl)cc3)Sc3ccccc32)CC1. The lowest BCUT2D eigenvalue weighted by molar-refractivity contribution is -0.122. The van der Waals surface area contributed by atoms with Crippen molar-refractivity contribution >= 4 is 46.9 Å². The number of nitrogens with one attached hydrogen (secondary N) is 1. The summed E-state index contributed by atoms with van der Waals surface area (Å²) < 4.78 is 0. The van der Waals surface area contributed by atoms with Crippen molar-refractivity contribution in [3.05, 3.63) is 64.0 Å². The lowest BCUT2D eigenvalue weighted by Gasteiger charge is -2.30. The summed E-state index contributed by atoms with van der Waals surface area (Å²) in [5, 5.41) is 3.65. The molecule has 4 rings (SSSR count). The molecule has 0 aliphatic carbocycles. The number of nitrogens with zero attached hydrogens (tertiary/aromatic N) is 2. The van der Waals surface area contributed by atoms with Crippen molar-refractivity contribution < 1.29 is 9.59 Å². The fourth-order valence-corrected chi connectivity index (χ4v) is 5.33. The molecule has 0 aromatic heterocycles. The van der Waals surface area contributed by atoms with Gasteiger partial charge in [0.1, 0.15) is 6.54 Å². The standard InChI is InChI=1S/C26H30ClN3O2S/c1-19-11-15-29(16-12-19)14-4-13-28-25(31)18-30-22-5-2-3-6-23(22)33-24(26(30)32)17-20-7-9-21(27)10-8-20/h2-3,5-10,17,19H,4,11-16,18H2,1H3,(H,28,31). The monoisotopic (exact) mass is 483 g/mol. The highest BCUT2D eigenvalue weighted by molar-refractivity contribution is 8.04. The fourth-order valence-electron chi connectivity index (χ4n) is 4.15. The van der Waals surface area contributed by atoms with E-state index in [0.717, 1.165) is 48.1 Å². The van der Waals surface area contributed by atoms with Crippen LogP contribution in [0.1, 0.15) is 31.7 Å². The molecule has 2 aliphatic rings. The Hall–Kier alpha value is -2.28. The van der Waals surface area contributed by atoms with E-state index < -0.39 is 0 Å². The van der Waals surface area contributed by atoms with Crippen LogP contribution in [0.5, 0.6) is 0 Å². The van der Waals surface area contributed by atoms with Crippen LogP contribution in [0.2, 0.25) is 5.02 Å². The maximum atomic E-state index is 13.3.